The zero-order chi connectivity index (χ0) is 12.3. The van der Waals surface area contributed by atoms with Crippen molar-refractivity contribution in [2.75, 3.05) is 7.05 Å². The average molecular weight is 225 g/mol. The van der Waals surface area contributed by atoms with Crippen molar-refractivity contribution in [1.29, 1.82) is 0 Å². The Labute approximate surface area is 101 Å². The van der Waals surface area contributed by atoms with E-state index in [2.05, 4.69) is 5.32 Å². The fourth-order valence-electron chi connectivity index (χ4n) is 1.98. The van der Waals surface area contributed by atoms with E-state index in [9.17, 15) is 4.79 Å². The third-order valence-electron chi connectivity index (χ3n) is 2.81. The van der Waals surface area contributed by atoms with Gasteiger partial charge in [-0.1, -0.05) is 42.5 Å². The smallest absolute Gasteiger partial charge is 0.251 e. The summed E-state index contributed by atoms with van der Waals surface area (Å²) in [5.74, 6) is -0.0486. The number of nitrogens with one attached hydrogen (secondary N) is 1. The molecule has 0 fully saturated rings. The van der Waals surface area contributed by atoms with Crippen molar-refractivity contribution >= 4 is 5.91 Å². The maximum atomic E-state index is 11.8. The molecular weight excluding hydrogens is 210 g/mol. The molecule has 0 saturated heterocycles. The van der Waals surface area contributed by atoms with E-state index in [-0.39, 0.29) is 5.91 Å². The van der Waals surface area contributed by atoms with Gasteiger partial charge < -0.3 is 5.32 Å². The van der Waals surface area contributed by atoms with E-state index in [4.69, 9.17) is 0 Å². The van der Waals surface area contributed by atoms with Gasteiger partial charge in [0.05, 0.1) is 0 Å². The van der Waals surface area contributed by atoms with Gasteiger partial charge in [-0.2, -0.15) is 0 Å². The van der Waals surface area contributed by atoms with Crippen LogP contribution in [0.1, 0.15) is 15.9 Å². The lowest BCUT2D eigenvalue weighted by Gasteiger charge is -2.11. The Morgan fingerprint density at radius 3 is 2.35 bits per heavy atom. The summed E-state index contributed by atoms with van der Waals surface area (Å²) < 4.78 is 0. The van der Waals surface area contributed by atoms with Crippen LogP contribution < -0.4 is 5.32 Å². The minimum atomic E-state index is -0.0486. The molecule has 0 aromatic heterocycles. The molecule has 0 aliphatic heterocycles. The summed E-state index contributed by atoms with van der Waals surface area (Å²) >= 11 is 0. The topological polar surface area (TPSA) is 29.1 Å². The van der Waals surface area contributed by atoms with Crippen LogP contribution in [0.3, 0.4) is 0 Å². The number of benzene rings is 2. The highest BCUT2D eigenvalue weighted by atomic mass is 16.1. The maximum absolute atomic E-state index is 11.8. The van der Waals surface area contributed by atoms with Gasteiger partial charge in [-0.15, -0.1) is 0 Å². The predicted molar refractivity (Wildman–Crippen MR) is 70.0 cm³/mol. The summed E-state index contributed by atoms with van der Waals surface area (Å²) in [6.45, 7) is 2.02. The van der Waals surface area contributed by atoms with Crippen molar-refractivity contribution in [2.45, 2.75) is 6.92 Å². The fourth-order valence-corrected chi connectivity index (χ4v) is 1.98. The molecule has 2 nitrogen and oxygen atoms in total. The average Bonchev–Trinajstić information content (AvgIpc) is 2.38. The molecule has 1 amide bonds. The van der Waals surface area contributed by atoms with Gasteiger partial charge >= 0.3 is 0 Å². The first-order chi connectivity index (χ1) is 8.24. The van der Waals surface area contributed by atoms with E-state index < -0.39 is 0 Å². The SMILES string of the molecule is CNC(=O)c1cccc(C)c1-c1ccccc1. The highest BCUT2D eigenvalue weighted by Crippen LogP contribution is 2.27. The molecule has 0 unspecified atom stereocenters. The standard InChI is InChI=1S/C15H15NO/c1-11-7-6-10-13(15(17)16-2)14(11)12-8-4-3-5-9-12/h3-10H,1-2H3,(H,16,17). The zero-order valence-electron chi connectivity index (χ0n) is 10.0. The van der Waals surface area contributed by atoms with Crippen LogP contribution in [0.25, 0.3) is 11.1 Å². The van der Waals surface area contributed by atoms with E-state index >= 15 is 0 Å². The number of carbonyl (C=O) groups is 1. The van der Waals surface area contributed by atoms with E-state index in [1.807, 2.05) is 55.5 Å². The summed E-state index contributed by atoms with van der Waals surface area (Å²) in [5, 5.41) is 2.68. The van der Waals surface area contributed by atoms with Crippen LogP contribution in [0.2, 0.25) is 0 Å². The lowest BCUT2D eigenvalue weighted by Crippen LogP contribution is -2.19. The molecule has 86 valence electrons. The van der Waals surface area contributed by atoms with Gasteiger partial charge in [0.1, 0.15) is 0 Å². The van der Waals surface area contributed by atoms with Crippen LogP contribution in [0, 0.1) is 6.92 Å². The number of hydrogen-bond acceptors (Lipinski definition) is 1. The molecule has 17 heavy (non-hydrogen) atoms. The van der Waals surface area contributed by atoms with Crippen LogP contribution in [0.15, 0.2) is 48.5 Å². The van der Waals surface area contributed by atoms with Gasteiger partial charge in [0, 0.05) is 12.6 Å². The molecule has 0 bridgehead atoms. The molecule has 0 aliphatic carbocycles. The van der Waals surface area contributed by atoms with Crippen molar-refractivity contribution in [2.24, 2.45) is 0 Å². The molecule has 2 aromatic carbocycles. The van der Waals surface area contributed by atoms with Crippen molar-refractivity contribution in [1.82, 2.24) is 5.32 Å². The van der Waals surface area contributed by atoms with Gasteiger partial charge in [0.2, 0.25) is 0 Å². The lowest BCUT2D eigenvalue weighted by atomic mass is 9.95. The van der Waals surface area contributed by atoms with Crippen molar-refractivity contribution in [3.8, 4) is 11.1 Å². The van der Waals surface area contributed by atoms with Gasteiger partial charge in [-0.25, -0.2) is 0 Å². The predicted octanol–water partition coefficient (Wildman–Crippen LogP) is 3.02. The van der Waals surface area contributed by atoms with Gasteiger partial charge in [0.25, 0.3) is 5.91 Å². The van der Waals surface area contributed by atoms with Crippen molar-refractivity contribution < 1.29 is 4.79 Å². The molecule has 1 N–H and O–H groups in total. The normalized spacial score (nSPS) is 10.0. The molecule has 0 heterocycles. The van der Waals surface area contributed by atoms with Crippen LogP contribution in [-0.2, 0) is 0 Å². The summed E-state index contributed by atoms with van der Waals surface area (Å²) in [6.07, 6.45) is 0. The summed E-state index contributed by atoms with van der Waals surface area (Å²) in [5.41, 5.74) is 3.91. The summed E-state index contributed by atoms with van der Waals surface area (Å²) in [4.78, 5) is 11.8. The van der Waals surface area contributed by atoms with Gasteiger partial charge in [-0.3, -0.25) is 4.79 Å². The van der Waals surface area contributed by atoms with Crippen LogP contribution in [0.4, 0.5) is 0 Å². The third kappa shape index (κ3) is 2.21. The van der Waals surface area contributed by atoms with Crippen LogP contribution in [-0.4, -0.2) is 13.0 Å². The first-order valence-electron chi connectivity index (χ1n) is 5.61. The molecule has 0 radical (unpaired) electrons. The minimum Gasteiger partial charge on any atom is -0.355 e. The first kappa shape index (κ1) is 11.4. The molecule has 2 rings (SSSR count). The first-order valence-corrected chi connectivity index (χ1v) is 5.61. The largest absolute Gasteiger partial charge is 0.355 e. The highest BCUT2D eigenvalue weighted by molar-refractivity contribution is 6.01. The monoisotopic (exact) mass is 225 g/mol. The Morgan fingerprint density at radius 2 is 1.71 bits per heavy atom. The number of hydrogen-bond donors (Lipinski definition) is 1. The molecule has 0 saturated carbocycles. The molecule has 2 aromatic rings. The van der Waals surface area contributed by atoms with E-state index in [0.717, 1.165) is 22.3 Å². The zero-order valence-corrected chi connectivity index (χ0v) is 10.0. The molecule has 0 aliphatic rings. The Bertz CT molecular complexity index is 532. The maximum Gasteiger partial charge on any atom is 0.251 e. The third-order valence-corrected chi connectivity index (χ3v) is 2.81. The molecule has 2 heteroatoms. The lowest BCUT2D eigenvalue weighted by molar-refractivity contribution is 0.0963. The van der Waals surface area contributed by atoms with Gasteiger partial charge in [-0.05, 0) is 29.7 Å². The Kier molecular flexibility index (Phi) is 3.24. The quantitative estimate of drug-likeness (QED) is 0.836. The van der Waals surface area contributed by atoms with Crippen LogP contribution in [0.5, 0.6) is 0 Å². The van der Waals surface area contributed by atoms with Gasteiger partial charge in [0.15, 0.2) is 0 Å². The Morgan fingerprint density at radius 1 is 1.00 bits per heavy atom. The number of amides is 1. The van der Waals surface area contributed by atoms with E-state index in [1.54, 1.807) is 7.05 Å². The van der Waals surface area contributed by atoms with E-state index in [1.165, 1.54) is 0 Å². The molecular formula is C15H15NO. The number of rotatable bonds is 2. The Balaban J connectivity index is 2.64. The Hall–Kier alpha value is -2.09. The molecule has 0 spiro atoms. The minimum absolute atomic E-state index is 0.0486. The number of aryl methyl sites for hydroxylation is 1. The number of carbonyl (C=O) groups excluding carboxylic acids is 1. The summed E-state index contributed by atoms with van der Waals surface area (Å²) in [6, 6.07) is 15.8. The second-order valence-electron chi connectivity index (χ2n) is 3.94. The summed E-state index contributed by atoms with van der Waals surface area (Å²) in [7, 11) is 1.65. The van der Waals surface area contributed by atoms with Crippen molar-refractivity contribution in [3.05, 3.63) is 59.7 Å². The van der Waals surface area contributed by atoms with Crippen LogP contribution >= 0.6 is 0 Å². The second-order valence-corrected chi connectivity index (χ2v) is 3.94. The fraction of sp³-hybridized carbons (Fsp3) is 0.133. The highest BCUT2D eigenvalue weighted by Gasteiger charge is 2.12. The van der Waals surface area contributed by atoms with E-state index in [0.29, 0.717) is 0 Å². The van der Waals surface area contributed by atoms with Crippen molar-refractivity contribution in [3.63, 3.8) is 0 Å². The second kappa shape index (κ2) is 4.83. The molecule has 0 atom stereocenters.